The molecule has 0 spiro atoms. The Morgan fingerprint density at radius 2 is 1.40 bits per heavy atom. The predicted octanol–water partition coefficient (Wildman–Crippen LogP) is 11.3. The summed E-state index contributed by atoms with van der Waals surface area (Å²) in [5.41, 5.74) is 3.30. The fourth-order valence-electron chi connectivity index (χ4n) is 12.2. The summed E-state index contributed by atoms with van der Waals surface area (Å²) in [4.78, 5) is 63.9. The molecule has 5 fully saturated rings. The average molecular weight is 1150 g/mol. The number of rotatable bonds is 35. The molecule has 3 aromatic rings. The topological polar surface area (TPSA) is 178 Å². The summed E-state index contributed by atoms with van der Waals surface area (Å²) in [5.74, 6) is -0.872. The van der Waals surface area contributed by atoms with Crippen molar-refractivity contribution in [2.75, 3.05) is 95.5 Å². The number of ether oxygens (including phenoxy) is 2. The third-order valence-electron chi connectivity index (χ3n) is 17.4. The molecule has 8 rings (SSSR count). The zero-order chi connectivity index (χ0) is 59.0. The molecule has 82 heavy (non-hydrogen) atoms. The Kier molecular flexibility index (Phi) is 26.5. The van der Waals surface area contributed by atoms with Gasteiger partial charge in [-0.2, -0.15) is 13.2 Å². The van der Waals surface area contributed by atoms with Crippen molar-refractivity contribution < 1.29 is 56.5 Å². The number of aromatic nitrogens is 2. The summed E-state index contributed by atoms with van der Waals surface area (Å²) in [7, 11) is 1.67. The number of benzene rings is 1. The first-order chi connectivity index (χ1) is 39.3. The van der Waals surface area contributed by atoms with Crippen molar-refractivity contribution in [1.29, 1.82) is 0 Å². The number of alkyl halides is 3. The van der Waals surface area contributed by atoms with Crippen molar-refractivity contribution in [1.82, 2.24) is 20.2 Å². The first-order valence-corrected chi connectivity index (χ1v) is 30.9. The number of carbonyl (C=O) groups is 4. The molecule has 2 amide bonds. The third kappa shape index (κ3) is 22.6. The van der Waals surface area contributed by atoms with Crippen LogP contribution in [0.2, 0.25) is 0 Å². The number of carboxylic acid groups (broad SMARTS) is 2. The number of piperidine rings is 1. The number of amides is 2. The Morgan fingerprint density at radius 3 is 1.96 bits per heavy atom. The lowest BCUT2D eigenvalue weighted by Crippen LogP contribution is -2.67. The minimum atomic E-state index is -5.19. The molecular formula is C64H96F3N7O8. The number of anilines is 2. The van der Waals surface area contributed by atoms with Gasteiger partial charge in [0.1, 0.15) is 17.5 Å². The summed E-state index contributed by atoms with van der Waals surface area (Å²) in [6.45, 7) is 19.0. The molecule has 5 aliphatic rings. The van der Waals surface area contributed by atoms with Crippen LogP contribution in [0.25, 0.3) is 0 Å². The molecule has 456 valence electrons. The number of nitrogens with one attached hydrogen (secondary N) is 1. The third-order valence-corrected chi connectivity index (χ3v) is 17.4. The normalized spacial score (nSPS) is 18.5. The van der Waals surface area contributed by atoms with Crippen LogP contribution in [-0.2, 0) is 14.4 Å². The maximum atomic E-state index is 15.0. The second-order valence-electron chi connectivity index (χ2n) is 24.7. The quantitative estimate of drug-likeness (QED) is 0.0421. The Labute approximate surface area is 486 Å². The van der Waals surface area contributed by atoms with E-state index < -0.39 is 18.1 Å². The Bertz CT molecular complexity index is 2430. The van der Waals surface area contributed by atoms with Crippen molar-refractivity contribution in [3.63, 3.8) is 0 Å². The monoisotopic (exact) mass is 1150 g/mol. The summed E-state index contributed by atoms with van der Waals surface area (Å²) in [5, 5.41) is 21.5. The van der Waals surface area contributed by atoms with Gasteiger partial charge in [-0.1, -0.05) is 110 Å². The van der Waals surface area contributed by atoms with Crippen LogP contribution in [0.1, 0.15) is 189 Å². The molecule has 4 saturated heterocycles. The highest BCUT2D eigenvalue weighted by Crippen LogP contribution is 2.45. The van der Waals surface area contributed by atoms with Gasteiger partial charge < -0.3 is 39.2 Å². The number of hydrogen-bond acceptors (Lipinski definition) is 11. The van der Waals surface area contributed by atoms with E-state index in [1.54, 1.807) is 13.3 Å². The van der Waals surface area contributed by atoms with Gasteiger partial charge in [-0.3, -0.25) is 24.2 Å². The molecule has 18 heteroatoms. The molecule has 2 N–H and O–H groups in total. The van der Waals surface area contributed by atoms with Gasteiger partial charge in [-0.25, -0.2) is 9.97 Å². The molecule has 6 heterocycles. The van der Waals surface area contributed by atoms with Gasteiger partial charge >= 0.3 is 12.1 Å². The fraction of sp³-hybridized carbons (Fsp3) is 0.688. The lowest BCUT2D eigenvalue weighted by molar-refractivity contribution is -0.941. The number of nitrogens with zero attached hydrogens (tertiary/aromatic N) is 6. The minimum Gasteiger partial charge on any atom is -0.542 e. The SMILES string of the molecule is COc1ccc(C(=O)N(CC(C)(C)CCCCCCCCCCCCCCCCCC(=O)NCCC[N+]23CCN(CC2)CC3)c2cccc(C)n2)c(N2CCC(COc3cc([C@@H](CC(=O)O)C4CC4)ccn3)CC2)c1.O=C([O-])C(F)(F)F. The average Bonchev–Trinajstić information content (AvgIpc) is 4.33. The van der Waals surface area contributed by atoms with Crippen molar-refractivity contribution in [3.8, 4) is 11.6 Å². The largest absolute Gasteiger partial charge is 0.542 e. The van der Waals surface area contributed by atoms with Crippen LogP contribution in [0.5, 0.6) is 11.6 Å². The van der Waals surface area contributed by atoms with Gasteiger partial charge in [-0.05, 0) is 105 Å². The molecule has 0 unspecified atom stereocenters. The van der Waals surface area contributed by atoms with Gasteiger partial charge in [0.05, 0.1) is 57.6 Å². The molecule has 1 saturated carbocycles. The molecule has 1 aliphatic carbocycles. The van der Waals surface area contributed by atoms with Crippen LogP contribution >= 0.6 is 0 Å². The smallest absolute Gasteiger partial charge is 0.430 e. The van der Waals surface area contributed by atoms with Crippen LogP contribution in [0, 0.1) is 24.2 Å². The zero-order valence-electron chi connectivity index (χ0n) is 49.8. The molecule has 2 bridgehead atoms. The van der Waals surface area contributed by atoms with Crippen molar-refractivity contribution in [3.05, 3.63) is 71.5 Å². The highest BCUT2D eigenvalue weighted by molar-refractivity contribution is 6.09. The van der Waals surface area contributed by atoms with E-state index in [2.05, 4.69) is 33.9 Å². The number of aryl methyl sites for hydroxylation is 1. The first-order valence-electron chi connectivity index (χ1n) is 30.9. The maximum Gasteiger partial charge on any atom is 0.430 e. The van der Waals surface area contributed by atoms with Gasteiger partial charge in [-0.15, -0.1) is 0 Å². The minimum absolute atomic E-state index is 0.000851. The van der Waals surface area contributed by atoms with E-state index in [0.717, 1.165) is 93.7 Å². The Hall–Kier alpha value is -5.49. The Balaban J connectivity index is 0.00000145. The van der Waals surface area contributed by atoms with Crippen molar-refractivity contribution in [2.24, 2.45) is 17.3 Å². The van der Waals surface area contributed by atoms with Crippen LogP contribution < -0.4 is 29.7 Å². The van der Waals surface area contributed by atoms with E-state index in [-0.39, 0.29) is 29.6 Å². The van der Waals surface area contributed by atoms with Gasteiger partial charge in [0.15, 0.2) is 0 Å². The van der Waals surface area contributed by atoms with Gasteiger partial charge in [0.2, 0.25) is 11.8 Å². The number of halogens is 3. The molecule has 2 aromatic heterocycles. The van der Waals surface area contributed by atoms with E-state index in [0.29, 0.717) is 48.7 Å². The number of aliphatic carboxylic acids is 2. The number of piperazine rings is 3. The van der Waals surface area contributed by atoms with E-state index >= 15 is 0 Å². The fourth-order valence-corrected chi connectivity index (χ4v) is 12.2. The zero-order valence-corrected chi connectivity index (χ0v) is 49.8. The highest BCUT2D eigenvalue weighted by atomic mass is 19.4. The van der Waals surface area contributed by atoms with E-state index in [4.69, 9.17) is 24.4 Å². The summed E-state index contributed by atoms with van der Waals surface area (Å²) >= 11 is 0. The summed E-state index contributed by atoms with van der Waals surface area (Å²) < 4.78 is 44.8. The van der Waals surface area contributed by atoms with E-state index in [1.807, 2.05) is 60.4 Å². The number of carbonyl (C=O) groups excluding carboxylic acids is 3. The van der Waals surface area contributed by atoms with Crippen LogP contribution in [0.3, 0.4) is 0 Å². The van der Waals surface area contributed by atoms with E-state index in [9.17, 15) is 32.7 Å². The number of unbranched alkanes of at least 4 members (excludes halogenated alkanes) is 14. The van der Waals surface area contributed by atoms with E-state index in [1.165, 1.54) is 134 Å². The van der Waals surface area contributed by atoms with Gasteiger partial charge in [0.25, 0.3) is 5.91 Å². The standard InChI is InChI=1S/C62H95N7O6.C2HF3O2/c1-49-22-20-23-57(65-49)68(61(73)54-28-27-53(74-4)45-56(54)67-35-30-50(31-36-67)47-75-59-44-52(29-34-64-59)55(46-60(71)72)51-25-26-51)48-62(2,3)32-19-17-15-13-11-9-7-5-6-8-10-12-14-16-18-24-58(70)63-33-21-40-69-41-37-66(38-42-69)39-43-69;3-2(4,5)1(6)7/h20,22-23,27-29,34,44-45,50-51,55H,5-19,21,24-26,30-33,35-43,46-48H2,1-4H3,(H-,63,70,71,72);(H,6,7)/t55-;/m0./s1. The molecular weight excluding hydrogens is 1050 g/mol. The number of carboxylic acids is 2. The number of pyridine rings is 2. The van der Waals surface area contributed by atoms with Gasteiger partial charge in [0, 0.05) is 82.7 Å². The first kappa shape index (κ1) is 65.7. The summed E-state index contributed by atoms with van der Waals surface area (Å²) in [6, 6.07) is 15.6. The molecule has 1 aromatic carbocycles. The lowest BCUT2D eigenvalue weighted by atomic mass is 9.85. The second kappa shape index (κ2) is 33.1. The summed E-state index contributed by atoms with van der Waals surface area (Å²) in [6.07, 6.45) is 22.5. The highest BCUT2D eigenvalue weighted by Gasteiger charge is 2.38. The van der Waals surface area contributed by atoms with Crippen molar-refractivity contribution in [2.45, 2.75) is 181 Å². The number of quaternary nitrogens is 1. The molecule has 15 nitrogen and oxygen atoms in total. The van der Waals surface area contributed by atoms with Crippen molar-refractivity contribution >= 4 is 35.3 Å². The lowest BCUT2D eigenvalue weighted by Gasteiger charge is -2.50. The maximum absolute atomic E-state index is 15.0. The van der Waals surface area contributed by atoms with Crippen LogP contribution in [-0.4, -0.2) is 140 Å². The number of hydrogen-bond donors (Lipinski definition) is 2. The van der Waals surface area contributed by atoms with Crippen LogP contribution in [0.4, 0.5) is 24.7 Å². The molecule has 4 aliphatic heterocycles. The Morgan fingerprint density at radius 1 is 0.805 bits per heavy atom. The predicted molar refractivity (Wildman–Crippen MR) is 313 cm³/mol. The van der Waals surface area contributed by atoms with Crippen LogP contribution in [0.15, 0.2) is 54.7 Å². The second-order valence-corrected chi connectivity index (χ2v) is 24.7. The number of methoxy groups -OCH3 is 1. The number of fused-ring (bicyclic) bond motifs is 3. The molecule has 0 radical (unpaired) electrons. The molecule has 1 atom stereocenters.